The van der Waals surface area contributed by atoms with Crippen LogP contribution in [-0.2, 0) is 13.2 Å². The van der Waals surface area contributed by atoms with E-state index in [0.717, 1.165) is 39.4 Å². The maximum absolute atomic E-state index is 9.91. The predicted molar refractivity (Wildman–Crippen MR) is 195 cm³/mol. The molecule has 2 N–H and O–H groups in total. The molecule has 0 saturated carbocycles. The van der Waals surface area contributed by atoms with Gasteiger partial charge in [-0.05, 0) is 60.7 Å². The summed E-state index contributed by atoms with van der Waals surface area (Å²) in [4.78, 5) is 13.2. The molecule has 0 aliphatic heterocycles. The Bertz CT molecular complexity index is 1930. The minimum Gasteiger partial charge on any atom is -0.507 e. The van der Waals surface area contributed by atoms with E-state index in [2.05, 4.69) is 28.1 Å². The van der Waals surface area contributed by atoms with Crippen LogP contribution >= 0.6 is 0 Å². The normalized spacial score (nSPS) is 10.3. The first-order chi connectivity index (χ1) is 24.5. The number of methoxy groups -OCH3 is 2. The van der Waals surface area contributed by atoms with Crippen LogP contribution in [0.3, 0.4) is 0 Å². The summed E-state index contributed by atoms with van der Waals surface area (Å²) in [6.45, 7) is 8.04. The van der Waals surface area contributed by atoms with Crippen molar-refractivity contribution in [1.82, 2.24) is 15.0 Å². The Morgan fingerprint density at radius 2 is 1.02 bits per heavy atom. The number of para-hydroxylation sites is 1. The molecule has 3 heterocycles. The molecule has 0 aliphatic carbocycles. The van der Waals surface area contributed by atoms with Crippen molar-refractivity contribution in [2.45, 2.75) is 13.2 Å². The molecule has 6 rings (SSSR count). The zero-order valence-electron chi connectivity index (χ0n) is 27.8. The van der Waals surface area contributed by atoms with Crippen molar-refractivity contribution in [3.05, 3.63) is 151 Å². The number of rotatable bonds is 12. The summed E-state index contributed by atoms with van der Waals surface area (Å²) < 4.78 is 22.6. The monoisotopic (exact) mass is 667 g/mol. The standard InChI is InChI=1S/C21H19NO3.C20H18N2O3/c1-3-16-18(23)10-6-12-20(16)25-14-15-8-7-13-22-21(15)17-9-4-5-11-19(17)24-2;1-3-15-17(23)9-4-10-18(15)25-13-14-7-5-11-21-19(14)16-8-6-12-22-20(16)24-2/h3-13,23H,1,14H2,2H3;3-12,23H,1,13H2,2H3. The highest BCUT2D eigenvalue weighted by atomic mass is 16.5. The van der Waals surface area contributed by atoms with Gasteiger partial charge in [-0.2, -0.15) is 0 Å². The zero-order chi connectivity index (χ0) is 35.3. The van der Waals surface area contributed by atoms with Crippen LogP contribution in [0.2, 0.25) is 0 Å². The van der Waals surface area contributed by atoms with Crippen molar-refractivity contribution < 1.29 is 29.2 Å². The summed E-state index contributed by atoms with van der Waals surface area (Å²) in [5.74, 6) is 2.67. The van der Waals surface area contributed by atoms with E-state index in [9.17, 15) is 10.2 Å². The van der Waals surface area contributed by atoms with Crippen LogP contribution < -0.4 is 18.9 Å². The highest BCUT2D eigenvalue weighted by Crippen LogP contribution is 2.34. The van der Waals surface area contributed by atoms with Crippen LogP contribution in [0.25, 0.3) is 34.7 Å². The topological polar surface area (TPSA) is 116 Å². The number of nitrogens with zero attached hydrogens (tertiary/aromatic N) is 3. The number of pyridine rings is 3. The molecule has 9 heteroatoms. The molecular weight excluding hydrogens is 630 g/mol. The molecule has 6 aromatic rings. The number of benzene rings is 3. The quantitative estimate of drug-likeness (QED) is 0.132. The van der Waals surface area contributed by atoms with Crippen LogP contribution in [0.4, 0.5) is 0 Å². The first-order valence-corrected chi connectivity index (χ1v) is 15.6. The third-order valence-electron chi connectivity index (χ3n) is 7.63. The fraction of sp³-hybridized carbons (Fsp3) is 0.0976. The van der Waals surface area contributed by atoms with Crippen LogP contribution in [0.15, 0.2) is 129 Å². The van der Waals surface area contributed by atoms with Gasteiger partial charge in [0, 0.05) is 35.3 Å². The second-order valence-corrected chi connectivity index (χ2v) is 10.6. The average molecular weight is 668 g/mol. The summed E-state index contributed by atoms with van der Waals surface area (Å²) in [6, 6.07) is 29.4. The van der Waals surface area contributed by atoms with Crippen molar-refractivity contribution in [3.63, 3.8) is 0 Å². The lowest BCUT2D eigenvalue weighted by Gasteiger charge is -2.14. The molecule has 0 fully saturated rings. The van der Waals surface area contributed by atoms with Gasteiger partial charge in [0.1, 0.15) is 42.0 Å². The molecule has 0 bridgehead atoms. The summed E-state index contributed by atoms with van der Waals surface area (Å²) in [5, 5.41) is 19.8. The number of ether oxygens (including phenoxy) is 4. The minimum absolute atomic E-state index is 0.132. The van der Waals surface area contributed by atoms with Crippen molar-refractivity contribution in [2.75, 3.05) is 14.2 Å². The third-order valence-corrected chi connectivity index (χ3v) is 7.63. The largest absolute Gasteiger partial charge is 0.507 e. The summed E-state index contributed by atoms with van der Waals surface area (Å²) in [5.41, 5.74) is 6.19. The van der Waals surface area contributed by atoms with E-state index in [-0.39, 0.29) is 18.1 Å². The Kier molecular flexibility index (Phi) is 11.8. The van der Waals surface area contributed by atoms with Crippen LogP contribution in [-0.4, -0.2) is 39.4 Å². The lowest BCUT2D eigenvalue weighted by molar-refractivity contribution is 0.303. The first-order valence-electron chi connectivity index (χ1n) is 15.6. The maximum atomic E-state index is 9.91. The van der Waals surface area contributed by atoms with Gasteiger partial charge in [-0.25, -0.2) is 4.98 Å². The van der Waals surface area contributed by atoms with E-state index in [1.165, 1.54) is 0 Å². The summed E-state index contributed by atoms with van der Waals surface area (Å²) in [7, 11) is 3.22. The Hall–Kier alpha value is -6.61. The molecule has 0 aliphatic rings. The molecule has 50 heavy (non-hydrogen) atoms. The number of hydrogen-bond donors (Lipinski definition) is 2. The van der Waals surface area contributed by atoms with E-state index < -0.39 is 0 Å². The van der Waals surface area contributed by atoms with Gasteiger partial charge in [0.25, 0.3) is 0 Å². The van der Waals surface area contributed by atoms with E-state index >= 15 is 0 Å². The van der Waals surface area contributed by atoms with E-state index in [1.54, 1.807) is 81.4 Å². The maximum Gasteiger partial charge on any atom is 0.222 e. The van der Waals surface area contributed by atoms with Crippen LogP contribution in [0.1, 0.15) is 22.3 Å². The van der Waals surface area contributed by atoms with Gasteiger partial charge in [0.05, 0.1) is 42.3 Å². The molecule has 0 saturated heterocycles. The van der Waals surface area contributed by atoms with E-state index in [1.807, 2.05) is 60.7 Å². The fourth-order valence-electron chi connectivity index (χ4n) is 5.21. The highest BCUT2D eigenvalue weighted by molar-refractivity contribution is 5.70. The van der Waals surface area contributed by atoms with Crippen molar-refractivity contribution >= 4 is 12.2 Å². The third kappa shape index (κ3) is 8.08. The first kappa shape index (κ1) is 34.7. The molecule has 3 aromatic heterocycles. The number of phenols is 2. The molecule has 0 spiro atoms. The molecule has 0 unspecified atom stereocenters. The molecule has 9 nitrogen and oxygen atoms in total. The predicted octanol–water partition coefficient (Wildman–Crippen LogP) is 8.76. The number of hydrogen-bond acceptors (Lipinski definition) is 9. The molecule has 252 valence electrons. The Balaban J connectivity index is 0.000000194. The number of phenolic OH excluding ortho intramolecular Hbond substituents is 2. The second-order valence-electron chi connectivity index (χ2n) is 10.6. The van der Waals surface area contributed by atoms with Crippen molar-refractivity contribution in [2.24, 2.45) is 0 Å². The van der Waals surface area contributed by atoms with Gasteiger partial charge >= 0.3 is 0 Å². The zero-order valence-corrected chi connectivity index (χ0v) is 27.8. The van der Waals surface area contributed by atoms with E-state index in [0.29, 0.717) is 35.1 Å². The molecule has 0 atom stereocenters. The Labute approximate surface area is 291 Å². The molecule has 0 amide bonds. The second kappa shape index (κ2) is 17.0. The van der Waals surface area contributed by atoms with Gasteiger partial charge in [0.2, 0.25) is 5.88 Å². The van der Waals surface area contributed by atoms with E-state index in [4.69, 9.17) is 18.9 Å². The lowest BCUT2D eigenvalue weighted by Crippen LogP contribution is -2.02. The molecule has 0 radical (unpaired) electrons. The fourth-order valence-corrected chi connectivity index (χ4v) is 5.21. The van der Waals surface area contributed by atoms with Gasteiger partial charge in [-0.3, -0.25) is 9.97 Å². The van der Waals surface area contributed by atoms with Gasteiger partial charge in [-0.15, -0.1) is 0 Å². The molecule has 3 aromatic carbocycles. The molecular formula is C41H37N3O6. The average Bonchev–Trinajstić information content (AvgIpc) is 3.16. The van der Waals surface area contributed by atoms with Crippen molar-refractivity contribution in [3.8, 4) is 57.1 Å². The summed E-state index contributed by atoms with van der Waals surface area (Å²) >= 11 is 0. The van der Waals surface area contributed by atoms with Crippen molar-refractivity contribution in [1.29, 1.82) is 0 Å². The Morgan fingerprint density at radius 1 is 0.540 bits per heavy atom. The lowest BCUT2D eigenvalue weighted by atomic mass is 10.1. The van der Waals surface area contributed by atoms with Crippen LogP contribution in [0.5, 0.6) is 34.6 Å². The van der Waals surface area contributed by atoms with Crippen LogP contribution in [0, 0.1) is 0 Å². The summed E-state index contributed by atoms with van der Waals surface area (Å²) in [6.07, 6.45) is 8.28. The number of aromatic hydroxyl groups is 2. The Morgan fingerprint density at radius 3 is 1.56 bits per heavy atom. The highest BCUT2D eigenvalue weighted by Gasteiger charge is 2.15. The smallest absolute Gasteiger partial charge is 0.222 e. The number of aromatic nitrogens is 3. The van der Waals surface area contributed by atoms with Gasteiger partial charge < -0.3 is 29.2 Å². The van der Waals surface area contributed by atoms with Gasteiger partial charge in [-0.1, -0.05) is 61.7 Å². The minimum atomic E-state index is 0.132. The SMILES string of the molecule is C=Cc1c(O)cccc1OCc1cccnc1-c1ccccc1OC.C=Cc1c(O)cccc1OCc1cccnc1-c1cccnc1OC. The van der Waals surface area contributed by atoms with Gasteiger partial charge in [0.15, 0.2) is 0 Å².